The van der Waals surface area contributed by atoms with Crippen molar-refractivity contribution in [2.45, 2.75) is 6.92 Å². The predicted molar refractivity (Wildman–Crippen MR) is 102 cm³/mol. The molecular weight excluding hydrogens is 391 g/mol. The van der Waals surface area contributed by atoms with E-state index >= 15 is 0 Å². The van der Waals surface area contributed by atoms with Gasteiger partial charge in [-0.1, -0.05) is 28.4 Å². The number of piperazine rings is 1. The van der Waals surface area contributed by atoms with Crippen LogP contribution in [0.15, 0.2) is 28.8 Å². The molecule has 1 saturated heterocycles. The van der Waals surface area contributed by atoms with Crippen molar-refractivity contribution in [3.63, 3.8) is 0 Å². The van der Waals surface area contributed by atoms with Gasteiger partial charge in [0.15, 0.2) is 5.69 Å². The van der Waals surface area contributed by atoms with Crippen LogP contribution in [0.5, 0.6) is 0 Å². The molecule has 0 radical (unpaired) electrons. The van der Waals surface area contributed by atoms with Crippen LogP contribution >= 0.6 is 23.2 Å². The van der Waals surface area contributed by atoms with Crippen molar-refractivity contribution in [2.24, 2.45) is 0 Å². The zero-order valence-corrected chi connectivity index (χ0v) is 16.4. The van der Waals surface area contributed by atoms with E-state index in [9.17, 15) is 9.59 Å². The Morgan fingerprint density at radius 1 is 1.11 bits per heavy atom. The average Bonchev–Trinajstić information content (AvgIpc) is 3.07. The van der Waals surface area contributed by atoms with Crippen molar-refractivity contribution >= 4 is 35.0 Å². The Kier molecular flexibility index (Phi) is 6.36. The summed E-state index contributed by atoms with van der Waals surface area (Å²) >= 11 is 11.8. The van der Waals surface area contributed by atoms with Crippen LogP contribution < -0.4 is 5.32 Å². The molecule has 27 heavy (non-hydrogen) atoms. The first-order chi connectivity index (χ1) is 12.9. The van der Waals surface area contributed by atoms with Gasteiger partial charge in [0.05, 0.1) is 0 Å². The van der Waals surface area contributed by atoms with Gasteiger partial charge in [0.1, 0.15) is 5.76 Å². The van der Waals surface area contributed by atoms with Gasteiger partial charge in [-0.05, 0) is 25.1 Å². The zero-order chi connectivity index (χ0) is 19.4. The van der Waals surface area contributed by atoms with E-state index in [0.29, 0.717) is 53.2 Å². The predicted octanol–water partition coefficient (Wildman–Crippen LogP) is 2.48. The van der Waals surface area contributed by atoms with Crippen molar-refractivity contribution in [1.82, 2.24) is 20.3 Å². The Balaban J connectivity index is 1.42. The minimum atomic E-state index is -0.213. The molecular formula is C18H20Cl2N4O3. The van der Waals surface area contributed by atoms with Gasteiger partial charge < -0.3 is 14.7 Å². The van der Waals surface area contributed by atoms with Crippen molar-refractivity contribution < 1.29 is 14.1 Å². The molecule has 1 aromatic carbocycles. The van der Waals surface area contributed by atoms with Crippen molar-refractivity contribution in [2.75, 3.05) is 39.3 Å². The van der Waals surface area contributed by atoms with E-state index in [1.807, 2.05) is 0 Å². The van der Waals surface area contributed by atoms with Gasteiger partial charge in [0, 0.05) is 60.9 Å². The second kappa shape index (κ2) is 8.73. The van der Waals surface area contributed by atoms with Gasteiger partial charge >= 0.3 is 0 Å². The summed E-state index contributed by atoms with van der Waals surface area (Å²) in [6.45, 7) is 5.66. The number of hydrogen-bond donors (Lipinski definition) is 1. The average molecular weight is 411 g/mol. The summed E-state index contributed by atoms with van der Waals surface area (Å²) in [5.74, 6) is 0.293. The van der Waals surface area contributed by atoms with Crippen LogP contribution in [0.1, 0.15) is 26.6 Å². The number of aryl methyl sites for hydroxylation is 1. The third-order valence-electron chi connectivity index (χ3n) is 4.34. The van der Waals surface area contributed by atoms with Crippen LogP contribution in [0.2, 0.25) is 10.0 Å². The number of carbonyl (C=O) groups excluding carboxylic acids is 2. The third kappa shape index (κ3) is 5.22. The highest BCUT2D eigenvalue weighted by atomic mass is 35.5. The summed E-state index contributed by atoms with van der Waals surface area (Å²) in [5.41, 5.74) is 0.777. The second-order valence-electron chi connectivity index (χ2n) is 6.37. The molecule has 0 aliphatic carbocycles. The van der Waals surface area contributed by atoms with Gasteiger partial charge in [-0.15, -0.1) is 0 Å². The molecule has 2 aromatic rings. The van der Waals surface area contributed by atoms with E-state index < -0.39 is 0 Å². The lowest BCUT2D eigenvalue weighted by Crippen LogP contribution is -2.50. The van der Waals surface area contributed by atoms with Crippen molar-refractivity contribution in [3.8, 4) is 0 Å². The Hall–Kier alpha value is -2.09. The quantitative estimate of drug-likeness (QED) is 0.818. The lowest BCUT2D eigenvalue weighted by molar-refractivity contribution is 0.0628. The fraction of sp³-hybridized carbons (Fsp3) is 0.389. The monoisotopic (exact) mass is 410 g/mol. The molecule has 0 unspecified atom stereocenters. The molecule has 1 aromatic heterocycles. The molecule has 3 rings (SSSR count). The molecule has 1 aliphatic rings. The first-order valence-corrected chi connectivity index (χ1v) is 9.37. The zero-order valence-electron chi connectivity index (χ0n) is 14.9. The third-order valence-corrected chi connectivity index (χ3v) is 4.78. The molecule has 9 heteroatoms. The Morgan fingerprint density at radius 3 is 2.37 bits per heavy atom. The number of carbonyl (C=O) groups is 2. The van der Waals surface area contributed by atoms with E-state index in [4.69, 9.17) is 27.7 Å². The number of halogens is 2. The smallest absolute Gasteiger partial charge is 0.276 e. The normalized spacial score (nSPS) is 15.0. The Morgan fingerprint density at radius 2 is 1.78 bits per heavy atom. The number of benzene rings is 1. The first-order valence-electron chi connectivity index (χ1n) is 8.61. The van der Waals surface area contributed by atoms with E-state index in [2.05, 4.69) is 15.4 Å². The van der Waals surface area contributed by atoms with Gasteiger partial charge in [0.25, 0.3) is 11.8 Å². The molecule has 2 heterocycles. The summed E-state index contributed by atoms with van der Waals surface area (Å²) in [4.78, 5) is 28.5. The minimum absolute atomic E-state index is 0.113. The van der Waals surface area contributed by atoms with E-state index in [1.165, 1.54) is 0 Å². The number of rotatable bonds is 5. The topological polar surface area (TPSA) is 78.7 Å². The van der Waals surface area contributed by atoms with Crippen LogP contribution in [-0.2, 0) is 0 Å². The Labute approximate surface area is 167 Å². The fourth-order valence-electron chi connectivity index (χ4n) is 2.92. The standard InChI is InChI=1S/C18H20Cl2N4O3/c1-12-8-16(22-27-12)18(26)24-6-4-23(5-7-24)3-2-21-17(25)13-9-14(19)11-15(20)10-13/h8-11H,2-7H2,1H3,(H,21,25). The molecule has 2 amide bonds. The molecule has 1 N–H and O–H groups in total. The summed E-state index contributed by atoms with van der Waals surface area (Å²) in [5, 5.41) is 7.49. The van der Waals surface area contributed by atoms with Gasteiger partial charge in [-0.3, -0.25) is 14.5 Å². The highest BCUT2D eigenvalue weighted by molar-refractivity contribution is 6.35. The summed E-state index contributed by atoms with van der Waals surface area (Å²) in [6.07, 6.45) is 0. The van der Waals surface area contributed by atoms with Gasteiger partial charge in [-0.25, -0.2) is 0 Å². The number of hydrogen-bond acceptors (Lipinski definition) is 5. The number of nitrogens with zero attached hydrogens (tertiary/aromatic N) is 3. The van der Waals surface area contributed by atoms with Crippen LogP contribution in [-0.4, -0.2) is 66.0 Å². The molecule has 0 spiro atoms. The lowest BCUT2D eigenvalue weighted by atomic mass is 10.2. The van der Waals surface area contributed by atoms with Crippen LogP contribution in [0.4, 0.5) is 0 Å². The lowest BCUT2D eigenvalue weighted by Gasteiger charge is -2.34. The number of aromatic nitrogens is 1. The first kappa shape index (κ1) is 19.7. The maximum atomic E-state index is 12.3. The molecule has 1 fully saturated rings. The molecule has 144 valence electrons. The maximum Gasteiger partial charge on any atom is 0.276 e. The number of nitrogens with one attached hydrogen (secondary N) is 1. The number of amides is 2. The minimum Gasteiger partial charge on any atom is -0.361 e. The largest absolute Gasteiger partial charge is 0.361 e. The van der Waals surface area contributed by atoms with Crippen molar-refractivity contribution in [1.29, 1.82) is 0 Å². The molecule has 0 bridgehead atoms. The highest BCUT2D eigenvalue weighted by Gasteiger charge is 2.24. The molecule has 1 aliphatic heterocycles. The fourth-order valence-corrected chi connectivity index (χ4v) is 3.44. The molecule has 7 nitrogen and oxygen atoms in total. The van der Waals surface area contributed by atoms with E-state index in [1.54, 1.807) is 36.1 Å². The molecule has 0 saturated carbocycles. The maximum absolute atomic E-state index is 12.3. The highest BCUT2D eigenvalue weighted by Crippen LogP contribution is 2.19. The summed E-state index contributed by atoms with van der Waals surface area (Å²) in [6, 6.07) is 6.39. The second-order valence-corrected chi connectivity index (χ2v) is 7.24. The Bertz CT molecular complexity index is 812. The van der Waals surface area contributed by atoms with Crippen LogP contribution in [0.3, 0.4) is 0 Å². The van der Waals surface area contributed by atoms with Crippen LogP contribution in [0.25, 0.3) is 0 Å². The molecule has 0 atom stereocenters. The van der Waals surface area contributed by atoms with Crippen LogP contribution in [0, 0.1) is 6.92 Å². The van der Waals surface area contributed by atoms with E-state index in [0.717, 1.165) is 13.1 Å². The van der Waals surface area contributed by atoms with E-state index in [-0.39, 0.29) is 11.8 Å². The SMILES string of the molecule is Cc1cc(C(=O)N2CCN(CCNC(=O)c3cc(Cl)cc(Cl)c3)CC2)no1. The van der Waals surface area contributed by atoms with Gasteiger partial charge in [-0.2, -0.15) is 0 Å². The summed E-state index contributed by atoms with van der Waals surface area (Å²) in [7, 11) is 0. The van der Waals surface area contributed by atoms with Crippen molar-refractivity contribution in [3.05, 3.63) is 51.3 Å². The summed E-state index contributed by atoms with van der Waals surface area (Å²) < 4.78 is 4.96. The van der Waals surface area contributed by atoms with Gasteiger partial charge in [0.2, 0.25) is 0 Å².